The number of nitrogens with zero attached hydrogens (tertiary/aromatic N) is 1. The Kier molecular flexibility index (Phi) is 5.28. The van der Waals surface area contributed by atoms with Gasteiger partial charge < -0.3 is 4.74 Å². The molecule has 4 aliphatic rings. The fourth-order valence-electron chi connectivity index (χ4n) is 6.05. The Morgan fingerprint density at radius 1 is 1.22 bits per heavy atom. The van der Waals surface area contributed by atoms with Crippen LogP contribution in [0.1, 0.15) is 45.4 Å². The van der Waals surface area contributed by atoms with Crippen LogP contribution in [0.2, 0.25) is 0 Å². The quantitative estimate of drug-likeness (QED) is 0.451. The Labute approximate surface area is 193 Å². The lowest BCUT2D eigenvalue weighted by Crippen LogP contribution is -2.57. The molecule has 4 saturated carbocycles. The number of hydrogen-bond acceptors (Lipinski definition) is 5. The lowest BCUT2D eigenvalue weighted by Gasteiger charge is -2.58. The average Bonchev–Trinajstić information content (AvgIpc) is 3.16. The molecule has 2 unspecified atom stereocenters. The zero-order valence-corrected chi connectivity index (χ0v) is 19.1. The molecule has 2 aromatic rings. The highest BCUT2D eigenvalue weighted by molar-refractivity contribution is 7.14. The van der Waals surface area contributed by atoms with Crippen molar-refractivity contribution in [3.63, 3.8) is 0 Å². The summed E-state index contributed by atoms with van der Waals surface area (Å²) in [5, 5.41) is 4.56. The van der Waals surface area contributed by atoms with E-state index < -0.39 is 29.1 Å². The molecule has 0 spiro atoms. The summed E-state index contributed by atoms with van der Waals surface area (Å²) in [4.78, 5) is 29.7. The van der Waals surface area contributed by atoms with Gasteiger partial charge in [0.15, 0.2) is 22.9 Å². The maximum Gasteiger partial charge on any atom is 0.312 e. The highest BCUT2D eigenvalue weighted by atomic mass is 35.5. The maximum absolute atomic E-state index is 13.5. The summed E-state index contributed by atoms with van der Waals surface area (Å²) in [5.41, 5.74) is 0.230. The second-order valence-corrected chi connectivity index (χ2v) is 11.3. The fraction of sp³-hybridized carbons (Fsp3) is 0.522. The molecule has 1 amide bonds. The van der Waals surface area contributed by atoms with E-state index in [0.29, 0.717) is 29.5 Å². The summed E-state index contributed by atoms with van der Waals surface area (Å²) < 4.78 is 32.2. The highest BCUT2D eigenvalue weighted by Crippen LogP contribution is 2.64. The van der Waals surface area contributed by atoms with Gasteiger partial charge in [0.05, 0.1) is 11.1 Å². The number of benzene rings is 1. The lowest BCUT2D eigenvalue weighted by atomic mass is 9.49. The first-order chi connectivity index (χ1) is 15.1. The predicted molar refractivity (Wildman–Crippen MR) is 117 cm³/mol. The number of anilines is 1. The minimum absolute atomic E-state index is 0.284. The molecule has 1 N–H and O–H groups in total. The molecule has 0 saturated heterocycles. The van der Waals surface area contributed by atoms with Crippen molar-refractivity contribution in [2.75, 3.05) is 5.32 Å². The molecular weight excluding hydrogens is 458 g/mol. The normalized spacial score (nSPS) is 31.4. The SMILES string of the molecule is C[C@@H](OC(=O)C12C[C@@H]3C[C@@H](CC(Cl)(C3)C1)C2)C(=O)Nc1nc(-c2ccc(F)c(F)c2)cs1. The van der Waals surface area contributed by atoms with E-state index in [1.54, 1.807) is 5.38 Å². The first kappa shape index (κ1) is 21.8. The number of halogens is 3. The molecule has 32 heavy (non-hydrogen) atoms. The Bertz CT molecular complexity index is 1080. The molecule has 4 bridgehead atoms. The lowest BCUT2D eigenvalue weighted by molar-refractivity contribution is -0.176. The van der Waals surface area contributed by atoms with Crippen molar-refractivity contribution in [2.24, 2.45) is 17.3 Å². The minimum atomic E-state index is -0.989. The van der Waals surface area contributed by atoms with Gasteiger partial charge in [-0.15, -0.1) is 22.9 Å². The third kappa shape index (κ3) is 3.92. The second-order valence-electron chi connectivity index (χ2n) is 9.60. The standard InChI is InChI=1S/C23H23ClF2N2O3S/c1-12(31-20(30)22-6-13-4-14(7-22)9-23(24,8-13)11-22)19(29)28-21-27-18(10-32-21)15-2-3-16(25)17(26)5-15/h2-3,5,10,12-14H,4,6-9,11H2,1H3,(H,27,28,29)/t12-,13-,14+,22?,23?/m1/s1. The summed E-state index contributed by atoms with van der Waals surface area (Å²) in [5.74, 6) is -1.82. The van der Waals surface area contributed by atoms with Crippen LogP contribution in [0.3, 0.4) is 0 Å². The summed E-state index contributed by atoms with van der Waals surface area (Å²) in [6, 6.07) is 3.49. The zero-order valence-electron chi connectivity index (χ0n) is 17.5. The number of thiazole rings is 1. The van der Waals surface area contributed by atoms with E-state index in [0.717, 1.165) is 55.6 Å². The monoisotopic (exact) mass is 480 g/mol. The number of alkyl halides is 1. The van der Waals surface area contributed by atoms with Gasteiger partial charge in [0.1, 0.15) is 0 Å². The van der Waals surface area contributed by atoms with Crippen molar-refractivity contribution in [2.45, 2.75) is 56.4 Å². The van der Waals surface area contributed by atoms with Crippen LogP contribution >= 0.6 is 22.9 Å². The van der Waals surface area contributed by atoms with Gasteiger partial charge in [-0.3, -0.25) is 14.9 Å². The number of ether oxygens (including phenoxy) is 1. The topological polar surface area (TPSA) is 68.3 Å². The third-order valence-corrected chi connectivity index (χ3v) is 8.23. The van der Waals surface area contributed by atoms with Crippen LogP contribution in [-0.4, -0.2) is 27.8 Å². The smallest absolute Gasteiger partial charge is 0.312 e. The second kappa shape index (κ2) is 7.76. The van der Waals surface area contributed by atoms with Crippen molar-refractivity contribution in [3.05, 3.63) is 35.2 Å². The predicted octanol–water partition coefficient (Wildman–Crippen LogP) is 5.54. The Balaban J connectivity index is 1.23. The summed E-state index contributed by atoms with van der Waals surface area (Å²) in [6.45, 7) is 1.54. The molecule has 0 radical (unpaired) electrons. The van der Waals surface area contributed by atoms with E-state index in [-0.39, 0.29) is 16.0 Å². The molecule has 0 aliphatic heterocycles. The Morgan fingerprint density at radius 3 is 2.59 bits per heavy atom. The van der Waals surface area contributed by atoms with E-state index in [2.05, 4.69) is 10.3 Å². The van der Waals surface area contributed by atoms with Crippen molar-refractivity contribution in [3.8, 4) is 11.3 Å². The summed E-state index contributed by atoms with van der Waals surface area (Å²) in [6.07, 6.45) is 4.25. The number of rotatable bonds is 5. The van der Waals surface area contributed by atoms with Crippen LogP contribution < -0.4 is 5.32 Å². The van der Waals surface area contributed by atoms with Gasteiger partial charge in [-0.2, -0.15) is 0 Å². The van der Waals surface area contributed by atoms with Gasteiger partial charge in [0.25, 0.3) is 5.91 Å². The van der Waals surface area contributed by atoms with Crippen LogP contribution in [0.25, 0.3) is 11.3 Å². The van der Waals surface area contributed by atoms with Crippen LogP contribution in [0.15, 0.2) is 23.6 Å². The molecule has 1 aromatic carbocycles. The van der Waals surface area contributed by atoms with E-state index in [9.17, 15) is 18.4 Å². The molecule has 9 heteroatoms. The summed E-state index contributed by atoms with van der Waals surface area (Å²) >= 11 is 7.95. The van der Waals surface area contributed by atoms with Crippen LogP contribution in [0.5, 0.6) is 0 Å². The maximum atomic E-state index is 13.5. The molecule has 170 valence electrons. The van der Waals surface area contributed by atoms with E-state index >= 15 is 0 Å². The Morgan fingerprint density at radius 2 is 1.94 bits per heavy atom. The van der Waals surface area contributed by atoms with Crippen molar-refractivity contribution >= 4 is 39.9 Å². The number of carbonyl (C=O) groups excluding carboxylic acids is 2. The Hall–Kier alpha value is -2.06. The molecular formula is C23H23ClF2N2O3S. The van der Waals surface area contributed by atoms with Crippen molar-refractivity contribution < 1.29 is 23.1 Å². The van der Waals surface area contributed by atoms with Crippen molar-refractivity contribution in [1.29, 1.82) is 0 Å². The average molecular weight is 481 g/mol. The molecule has 5 nitrogen and oxygen atoms in total. The van der Waals surface area contributed by atoms with Crippen molar-refractivity contribution in [1.82, 2.24) is 4.98 Å². The van der Waals surface area contributed by atoms with Gasteiger partial charge in [-0.05, 0) is 75.5 Å². The first-order valence-corrected chi connectivity index (χ1v) is 12.0. The number of carbonyl (C=O) groups is 2. The third-order valence-electron chi connectivity index (χ3n) is 7.03. The number of aromatic nitrogens is 1. The van der Waals surface area contributed by atoms with Gasteiger partial charge in [-0.25, -0.2) is 13.8 Å². The number of hydrogen-bond donors (Lipinski definition) is 1. The van der Waals surface area contributed by atoms with Gasteiger partial charge in [0.2, 0.25) is 0 Å². The van der Waals surface area contributed by atoms with E-state index in [1.807, 2.05) is 0 Å². The molecule has 1 aromatic heterocycles. The molecule has 4 aliphatic carbocycles. The number of nitrogens with one attached hydrogen (secondary N) is 1. The fourth-order valence-corrected chi connectivity index (χ4v) is 7.47. The van der Waals surface area contributed by atoms with E-state index in [1.165, 1.54) is 13.0 Å². The highest BCUT2D eigenvalue weighted by Gasteiger charge is 2.61. The zero-order chi connectivity index (χ0) is 22.7. The molecule has 5 atom stereocenters. The van der Waals surface area contributed by atoms with Crippen LogP contribution in [0.4, 0.5) is 13.9 Å². The largest absolute Gasteiger partial charge is 0.452 e. The van der Waals surface area contributed by atoms with E-state index in [4.69, 9.17) is 16.3 Å². The minimum Gasteiger partial charge on any atom is -0.452 e. The number of amides is 1. The van der Waals surface area contributed by atoms with Gasteiger partial charge in [-0.1, -0.05) is 0 Å². The van der Waals surface area contributed by atoms with Crippen LogP contribution in [0, 0.1) is 28.9 Å². The summed E-state index contributed by atoms with van der Waals surface area (Å²) in [7, 11) is 0. The molecule has 6 rings (SSSR count). The first-order valence-electron chi connectivity index (χ1n) is 10.8. The molecule has 4 fully saturated rings. The van der Waals surface area contributed by atoms with Gasteiger partial charge >= 0.3 is 5.97 Å². The molecule has 1 heterocycles. The number of esters is 1. The van der Waals surface area contributed by atoms with Crippen LogP contribution in [-0.2, 0) is 14.3 Å². The van der Waals surface area contributed by atoms with Gasteiger partial charge in [0, 0.05) is 15.8 Å².